The van der Waals surface area contributed by atoms with Crippen LogP contribution in [0, 0.1) is 0 Å². The summed E-state index contributed by atoms with van der Waals surface area (Å²) in [6, 6.07) is 9.82. The van der Waals surface area contributed by atoms with Crippen molar-refractivity contribution in [3.63, 3.8) is 0 Å². The van der Waals surface area contributed by atoms with Crippen molar-refractivity contribution in [3.05, 3.63) is 47.5 Å². The normalized spacial score (nSPS) is 13.4. The lowest BCUT2D eigenvalue weighted by atomic mass is 10.0. The molecular formula is C18H19NO6. The number of carbonyl (C=O) groups is 1. The van der Waals surface area contributed by atoms with Gasteiger partial charge in [0.2, 0.25) is 6.79 Å². The standard InChI is InChI=1S/C18H19NO6/c1-22-15-4-2-11(7-14(19)18(20)21)6-12(15)9-23-13-3-5-16-17(8-13)25-10-24-16/h2-6,8,14H,7,9-10,19H2,1H3,(H,20,21). The summed E-state index contributed by atoms with van der Waals surface area (Å²) < 4.78 is 21.7. The van der Waals surface area contributed by atoms with Crippen LogP contribution in [0.3, 0.4) is 0 Å². The van der Waals surface area contributed by atoms with Gasteiger partial charge in [0.1, 0.15) is 24.1 Å². The highest BCUT2D eigenvalue weighted by Crippen LogP contribution is 2.35. The molecule has 3 rings (SSSR count). The first kappa shape index (κ1) is 16.9. The molecule has 2 aromatic carbocycles. The molecular weight excluding hydrogens is 326 g/mol. The van der Waals surface area contributed by atoms with Gasteiger partial charge in [0.25, 0.3) is 0 Å². The van der Waals surface area contributed by atoms with Crippen molar-refractivity contribution in [3.8, 4) is 23.0 Å². The SMILES string of the molecule is COc1ccc(CC(N)C(=O)O)cc1COc1ccc2c(c1)OCO2. The first-order valence-corrected chi connectivity index (χ1v) is 7.73. The molecule has 7 nitrogen and oxygen atoms in total. The van der Waals surface area contributed by atoms with Crippen LogP contribution in [0.15, 0.2) is 36.4 Å². The largest absolute Gasteiger partial charge is 0.496 e. The summed E-state index contributed by atoms with van der Waals surface area (Å²) >= 11 is 0. The molecule has 25 heavy (non-hydrogen) atoms. The third kappa shape index (κ3) is 3.95. The minimum atomic E-state index is -1.03. The number of ether oxygens (including phenoxy) is 4. The molecule has 0 saturated carbocycles. The summed E-state index contributed by atoms with van der Waals surface area (Å²) in [5, 5.41) is 8.95. The van der Waals surface area contributed by atoms with Gasteiger partial charge in [-0.25, -0.2) is 0 Å². The maximum Gasteiger partial charge on any atom is 0.320 e. The number of aliphatic carboxylic acids is 1. The summed E-state index contributed by atoms with van der Waals surface area (Å²) in [4.78, 5) is 10.9. The van der Waals surface area contributed by atoms with E-state index in [2.05, 4.69) is 0 Å². The van der Waals surface area contributed by atoms with Gasteiger partial charge in [-0.05, 0) is 36.2 Å². The first-order chi connectivity index (χ1) is 12.1. The van der Waals surface area contributed by atoms with Gasteiger partial charge in [0.15, 0.2) is 11.5 Å². The lowest BCUT2D eigenvalue weighted by Gasteiger charge is -2.13. The first-order valence-electron chi connectivity index (χ1n) is 7.73. The second-order valence-electron chi connectivity index (χ2n) is 5.60. The van der Waals surface area contributed by atoms with E-state index < -0.39 is 12.0 Å². The number of nitrogens with two attached hydrogens (primary N) is 1. The molecule has 1 aliphatic rings. The second kappa shape index (κ2) is 7.31. The zero-order valence-electron chi connectivity index (χ0n) is 13.7. The molecule has 0 saturated heterocycles. The second-order valence-corrected chi connectivity index (χ2v) is 5.60. The number of methoxy groups -OCH3 is 1. The minimum absolute atomic E-state index is 0.207. The van der Waals surface area contributed by atoms with Gasteiger partial charge in [-0.15, -0.1) is 0 Å². The lowest BCUT2D eigenvalue weighted by molar-refractivity contribution is -0.138. The number of fused-ring (bicyclic) bond motifs is 1. The van der Waals surface area contributed by atoms with Gasteiger partial charge < -0.3 is 29.8 Å². The summed E-state index contributed by atoms with van der Waals surface area (Å²) in [5.74, 6) is 1.60. The van der Waals surface area contributed by atoms with Gasteiger partial charge in [-0.2, -0.15) is 0 Å². The minimum Gasteiger partial charge on any atom is -0.496 e. The molecule has 132 valence electrons. The Bertz CT molecular complexity index is 776. The molecule has 1 heterocycles. The number of carboxylic acids is 1. The van der Waals surface area contributed by atoms with Crippen LogP contribution in [0.4, 0.5) is 0 Å². The molecule has 1 aliphatic heterocycles. The van der Waals surface area contributed by atoms with Crippen LogP contribution >= 0.6 is 0 Å². The third-order valence-corrected chi connectivity index (χ3v) is 3.86. The predicted octanol–water partition coefficient (Wildman–Crippen LogP) is 1.96. The monoisotopic (exact) mass is 345 g/mol. The van der Waals surface area contributed by atoms with Gasteiger partial charge in [-0.3, -0.25) is 4.79 Å². The summed E-state index contributed by atoms with van der Waals surface area (Å²) in [6.07, 6.45) is 0.232. The molecule has 1 unspecified atom stereocenters. The number of hydrogen-bond acceptors (Lipinski definition) is 6. The number of carboxylic acid groups (broad SMARTS) is 1. The van der Waals surface area contributed by atoms with Crippen molar-refractivity contribution in [2.75, 3.05) is 13.9 Å². The highest BCUT2D eigenvalue weighted by atomic mass is 16.7. The number of benzene rings is 2. The maximum absolute atomic E-state index is 10.9. The van der Waals surface area contributed by atoms with Crippen molar-refractivity contribution in [1.82, 2.24) is 0 Å². The van der Waals surface area contributed by atoms with E-state index >= 15 is 0 Å². The fraction of sp³-hybridized carbons (Fsp3) is 0.278. The van der Waals surface area contributed by atoms with Crippen molar-refractivity contribution in [2.45, 2.75) is 19.1 Å². The Morgan fingerprint density at radius 1 is 1.24 bits per heavy atom. The van der Waals surface area contributed by atoms with Gasteiger partial charge >= 0.3 is 5.97 Å². The molecule has 0 spiro atoms. The van der Waals surface area contributed by atoms with E-state index in [1.165, 1.54) is 0 Å². The van der Waals surface area contributed by atoms with Gasteiger partial charge in [0.05, 0.1) is 7.11 Å². The number of hydrogen-bond donors (Lipinski definition) is 2. The highest BCUT2D eigenvalue weighted by molar-refractivity contribution is 5.73. The molecule has 0 amide bonds. The molecule has 0 bridgehead atoms. The lowest BCUT2D eigenvalue weighted by Crippen LogP contribution is -2.32. The predicted molar refractivity (Wildman–Crippen MR) is 89.2 cm³/mol. The Morgan fingerprint density at radius 2 is 2.04 bits per heavy atom. The Balaban J connectivity index is 1.73. The molecule has 0 aliphatic carbocycles. The Labute approximate surface area is 144 Å². The van der Waals surface area contributed by atoms with Crippen LogP contribution in [-0.2, 0) is 17.8 Å². The molecule has 1 atom stereocenters. The van der Waals surface area contributed by atoms with Gasteiger partial charge in [0, 0.05) is 11.6 Å². The average Bonchev–Trinajstić information content (AvgIpc) is 3.07. The third-order valence-electron chi connectivity index (χ3n) is 3.86. The molecule has 0 radical (unpaired) electrons. The van der Waals surface area contributed by atoms with E-state index in [4.69, 9.17) is 29.8 Å². The highest BCUT2D eigenvalue weighted by Gasteiger charge is 2.16. The summed E-state index contributed by atoms with van der Waals surface area (Å²) in [5.41, 5.74) is 7.21. The zero-order valence-corrected chi connectivity index (χ0v) is 13.7. The van der Waals surface area contributed by atoms with E-state index in [1.807, 2.05) is 6.07 Å². The molecule has 0 aromatic heterocycles. The van der Waals surface area contributed by atoms with E-state index in [1.54, 1.807) is 37.4 Å². The van der Waals surface area contributed by atoms with Gasteiger partial charge in [-0.1, -0.05) is 6.07 Å². The topological polar surface area (TPSA) is 100 Å². The fourth-order valence-corrected chi connectivity index (χ4v) is 2.54. The Hall–Kier alpha value is -2.93. The smallest absolute Gasteiger partial charge is 0.320 e. The van der Waals surface area contributed by atoms with Crippen LogP contribution in [0.2, 0.25) is 0 Å². The molecule has 7 heteroatoms. The Morgan fingerprint density at radius 3 is 2.80 bits per heavy atom. The van der Waals surface area contributed by atoms with Crippen LogP contribution in [0.1, 0.15) is 11.1 Å². The number of rotatable bonds is 7. The van der Waals surface area contributed by atoms with E-state index in [-0.39, 0.29) is 19.8 Å². The summed E-state index contributed by atoms with van der Waals surface area (Å²) in [6.45, 7) is 0.470. The zero-order chi connectivity index (χ0) is 17.8. The van der Waals surface area contributed by atoms with Crippen LogP contribution in [0.25, 0.3) is 0 Å². The van der Waals surface area contributed by atoms with E-state index in [0.717, 1.165) is 11.1 Å². The van der Waals surface area contributed by atoms with E-state index in [9.17, 15) is 4.79 Å². The quantitative estimate of drug-likeness (QED) is 0.791. The van der Waals surface area contributed by atoms with Crippen LogP contribution < -0.4 is 24.7 Å². The van der Waals surface area contributed by atoms with Crippen molar-refractivity contribution < 1.29 is 28.8 Å². The van der Waals surface area contributed by atoms with E-state index in [0.29, 0.717) is 23.0 Å². The van der Waals surface area contributed by atoms with Crippen LogP contribution in [0.5, 0.6) is 23.0 Å². The summed E-state index contributed by atoms with van der Waals surface area (Å²) in [7, 11) is 1.57. The van der Waals surface area contributed by atoms with Crippen LogP contribution in [-0.4, -0.2) is 31.0 Å². The van der Waals surface area contributed by atoms with Crippen molar-refractivity contribution in [2.24, 2.45) is 5.73 Å². The fourth-order valence-electron chi connectivity index (χ4n) is 2.54. The molecule has 3 N–H and O–H groups in total. The Kier molecular flexibility index (Phi) is 4.95. The van der Waals surface area contributed by atoms with Crippen molar-refractivity contribution >= 4 is 5.97 Å². The van der Waals surface area contributed by atoms with Crippen molar-refractivity contribution in [1.29, 1.82) is 0 Å². The maximum atomic E-state index is 10.9. The average molecular weight is 345 g/mol. The molecule has 0 fully saturated rings. The molecule has 2 aromatic rings.